The molecule has 2 aromatic heterocycles. The second-order valence-corrected chi connectivity index (χ2v) is 3.60. The smallest absolute Gasteiger partial charge is 0.322 e. The number of nitrogens with two attached hydrogens (primary N) is 1. The van der Waals surface area contributed by atoms with Crippen molar-refractivity contribution in [2.45, 2.75) is 26.9 Å². The summed E-state index contributed by atoms with van der Waals surface area (Å²) in [5, 5.41) is 4.10. The molecule has 2 rings (SSSR count). The molecular weight excluding hydrogens is 218 g/mol. The first-order valence-electron chi connectivity index (χ1n) is 5.45. The van der Waals surface area contributed by atoms with E-state index in [1.807, 2.05) is 13.8 Å². The lowest BCUT2D eigenvalue weighted by Gasteiger charge is -2.04. The third kappa shape index (κ3) is 2.59. The van der Waals surface area contributed by atoms with Crippen molar-refractivity contribution in [3.05, 3.63) is 29.8 Å². The summed E-state index contributed by atoms with van der Waals surface area (Å²) in [7, 11) is 0. The van der Waals surface area contributed by atoms with E-state index in [0.717, 1.165) is 17.8 Å². The first-order chi connectivity index (χ1) is 8.22. The quantitative estimate of drug-likeness (QED) is 0.859. The predicted octanol–water partition coefficient (Wildman–Crippen LogP) is 1.25. The number of hydrogen-bond donors (Lipinski definition) is 1. The second kappa shape index (κ2) is 4.92. The van der Waals surface area contributed by atoms with E-state index >= 15 is 0 Å². The van der Waals surface area contributed by atoms with Crippen molar-refractivity contribution in [3.8, 4) is 11.8 Å². The van der Waals surface area contributed by atoms with Crippen LogP contribution >= 0.6 is 0 Å². The highest BCUT2D eigenvalue weighted by Crippen LogP contribution is 2.17. The molecule has 0 aromatic carbocycles. The molecule has 90 valence electrons. The van der Waals surface area contributed by atoms with Gasteiger partial charge >= 0.3 is 6.01 Å². The maximum absolute atomic E-state index is 5.54. The summed E-state index contributed by atoms with van der Waals surface area (Å²) < 4.78 is 7.27. The summed E-state index contributed by atoms with van der Waals surface area (Å²) >= 11 is 0. The maximum atomic E-state index is 5.54. The zero-order valence-corrected chi connectivity index (χ0v) is 9.92. The van der Waals surface area contributed by atoms with Gasteiger partial charge in [-0.3, -0.25) is 4.68 Å². The molecule has 0 saturated heterocycles. The molecule has 6 heteroatoms. The van der Waals surface area contributed by atoms with Crippen LogP contribution in [0.4, 0.5) is 0 Å². The molecule has 2 N–H and O–H groups in total. The number of ether oxygens (including phenoxy) is 1. The molecule has 0 aliphatic rings. The minimum Gasteiger partial charge on any atom is -0.421 e. The van der Waals surface area contributed by atoms with Gasteiger partial charge in [0.05, 0.1) is 12.4 Å². The van der Waals surface area contributed by atoms with Crippen molar-refractivity contribution in [3.63, 3.8) is 0 Å². The third-order valence-corrected chi connectivity index (χ3v) is 2.42. The molecule has 0 radical (unpaired) electrons. The van der Waals surface area contributed by atoms with Crippen LogP contribution in [-0.2, 0) is 13.1 Å². The molecule has 6 nitrogen and oxygen atoms in total. The van der Waals surface area contributed by atoms with Crippen molar-refractivity contribution in [2.75, 3.05) is 0 Å². The van der Waals surface area contributed by atoms with Gasteiger partial charge in [0.1, 0.15) is 0 Å². The predicted molar refractivity (Wildman–Crippen MR) is 62.6 cm³/mol. The van der Waals surface area contributed by atoms with E-state index in [-0.39, 0.29) is 0 Å². The number of rotatable bonds is 4. The van der Waals surface area contributed by atoms with Gasteiger partial charge in [-0.2, -0.15) is 10.1 Å². The van der Waals surface area contributed by atoms with E-state index in [4.69, 9.17) is 10.5 Å². The molecule has 0 bridgehead atoms. The Kier molecular flexibility index (Phi) is 3.34. The fourth-order valence-corrected chi connectivity index (χ4v) is 1.40. The standard InChI is InChI=1S/C11H15N5O/c1-3-16-7-10(6-14-16)17-11-13-5-9(4-12)8(2)15-11/h5-7H,3-4,12H2,1-2H3. The Hall–Kier alpha value is -1.95. The van der Waals surface area contributed by atoms with Crippen LogP contribution < -0.4 is 10.5 Å². The van der Waals surface area contributed by atoms with Gasteiger partial charge in [0.25, 0.3) is 0 Å². The number of nitrogens with zero attached hydrogens (tertiary/aromatic N) is 4. The van der Waals surface area contributed by atoms with Gasteiger partial charge in [-0.15, -0.1) is 0 Å². The molecular formula is C11H15N5O. The lowest BCUT2D eigenvalue weighted by molar-refractivity contribution is 0.438. The fraction of sp³-hybridized carbons (Fsp3) is 0.364. The zero-order valence-electron chi connectivity index (χ0n) is 9.92. The van der Waals surface area contributed by atoms with Gasteiger partial charge in [-0.25, -0.2) is 4.98 Å². The van der Waals surface area contributed by atoms with Crippen molar-refractivity contribution in [1.29, 1.82) is 0 Å². The summed E-state index contributed by atoms with van der Waals surface area (Å²) in [5.74, 6) is 0.631. The Labute approximate surface area is 99.4 Å². The highest BCUT2D eigenvalue weighted by atomic mass is 16.5. The normalized spacial score (nSPS) is 10.5. The van der Waals surface area contributed by atoms with E-state index in [1.54, 1.807) is 23.3 Å². The average molecular weight is 233 g/mol. The minimum absolute atomic E-state index is 0.315. The van der Waals surface area contributed by atoms with Crippen LogP contribution in [0.5, 0.6) is 11.8 Å². The molecule has 0 amide bonds. The topological polar surface area (TPSA) is 78.9 Å². The van der Waals surface area contributed by atoms with Crippen molar-refractivity contribution in [2.24, 2.45) is 5.73 Å². The molecule has 2 aromatic rings. The van der Waals surface area contributed by atoms with Gasteiger partial charge < -0.3 is 10.5 Å². The van der Waals surface area contributed by atoms with E-state index < -0.39 is 0 Å². The largest absolute Gasteiger partial charge is 0.421 e. The van der Waals surface area contributed by atoms with Crippen LogP contribution in [0.15, 0.2) is 18.6 Å². The Balaban J connectivity index is 2.15. The molecule has 2 heterocycles. The van der Waals surface area contributed by atoms with Gasteiger partial charge in [0.15, 0.2) is 5.75 Å². The lowest BCUT2D eigenvalue weighted by atomic mass is 10.2. The molecule has 17 heavy (non-hydrogen) atoms. The summed E-state index contributed by atoms with van der Waals surface area (Å²) in [4.78, 5) is 8.31. The average Bonchev–Trinajstić information content (AvgIpc) is 2.77. The highest BCUT2D eigenvalue weighted by Gasteiger charge is 2.05. The Morgan fingerprint density at radius 2 is 2.24 bits per heavy atom. The van der Waals surface area contributed by atoms with Gasteiger partial charge in [0, 0.05) is 30.5 Å². The summed E-state index contributed by atoms with van der Waals surface area (Å²) in [6.45, 7) is 5.12. The van der Waals surface area contributed by atoms with Crippen LogP contribution in [0, 0.1) is 6.92 Å². The monoisotopic (exact) mass is 233 g/mol. The number of aromatic nitrogens is 4. The Bertz CT molecular complexity index is 508. The number of hydrogen-bond acceptors (Lipinski definition) is 5. The molecule has 0 atom stereocenters. The van der Waals surface area contributed by atoms with Crippen LogP contribution in [0.3, 0.4) is 0 Å². The Morgan fingerprint density at radius 1 is 1.41 bits per heavy atom. The molecule has 0 aliphatic carbocycles. The molecule has 0 unspecified atom stereocenters. The Morgan fingerprint density at radius 3 is 2.82 bits per heavy atom. The summed E-state index contributed by atoms with van der Waals surface area (Å²) in [5.41, 5.74) is 7.29. The first kappa shape index (κ1) is 11.5. The first-order valence-corrected chi connectivity index (χ1v) is 5.45. The summed E-state index contributed by atoms with van der Waals surface area (Å²) in [6.07, 6.45) is 5.12. The molecule has 0 saturated carbocycles. The third-order valence-electron chi connectivity index (χ3n) is 2.42. The summed E-state index contributed by atoms with van der Waals surface area (Å²) in [6, 6.07) is 0.315. The van der Waals surface area contributed by atoms with Gasteiger partial charge in [0.2, 0.25) is 0 Å². The fourth-order valence-electron chi connectivity index (χ4n) is 1.40. The van der Waals surface area contributed by atoms with Crippen molar-refractivity contribution in [1.82, 2.24) is 19.7 Å². The van der Waals surface area contributed by atoms with E-state index in [0.29, 0.717) is 18.3 Å². The van der Waals surface area contributed by atoms with Gasteiger partial charge in [-0.05, 0) is 13.8 Å². The lowest BCUT2D eigenvalue weighted by Crippen LogP contribution is -2.03. The zero-order chi connectivity index (χ0) is 12.3. The highest BCUT2D eigenvalue weighted by molar-refractivity contribution is 5.21. The SMILES string of the molecule is CCn1cc(Oc2ncc(CN)c(C)n2)cn1. The van der Waals surface area contributed by atoms with E-state index in [2.05, 4.69) is 15.1 Å². The minimum atomic E-state index is 0.315. The van der Waals surface area contributed by atoms with Crippen LogP contribution in [0.2, 0.25) is 0 Å². The van der Waals surface area contributed by atoms with E-state index in [9.17, 15) is 0 Å². The van der Waals surface area contributed by atoms with Crippen molar-refractivity contribution >= 4 is 0 Å². The van der Waals surface area contributed by atoms with Crippen LogP contribution in [0.25, 0.3) is 0 Å². The molecule has 0 aliphatic heterocycles. The number of aryl methyl sites for hydroxylation is 2. The van der Waals surface area contributed by atoms with Gasteiger partial charge in [-0.1, -0.05) is 0 Å². The van der Waals surface area contributed by atoms with E-state index in [1.165, 1.54) is 0 Å². The van der Waals surface area contributed by atoms with Crippen LogP contribution in [-0.4, -0.2) is 19.7 Å². The van der Waals surface area contributed by atoms with Crippen molar-refractivity contribution < 1.29 is 4.74 Å². The van der Waals surface area contributed by atoms with Crippen LogP contribution in [0.1, 0.15) is 18.2 Å². The molecule has 0 spiro atoms. The second-order valence-electron chi connectivity index (χ2n) is 3.60. The molecule has 0 fully saturated rings. The maximum Gasteiger partial charge on any atom is 0.322 e.